The molecule has 5 aromatic carbocycles. The highest BCUT2D eigenvalue weighted by Crippen LogP contribution is 2.16. The molecule has 194 valence electrons. The van der Waals surface area contributed by atoms with E-state index in [1.54, 1.807) is 24.3 Å². The van der Waals surface area contributed by atoms with E-state index in [1.807, 2.05) is 121 Å². The van der Waals surface area contributed by atoms with Gasteiger partial charge >= 0.3 is 0 Å². The van der Waals surface area contributed by atoms with Crippen LogP contribution in [0.1, 0.15) is 31.8 Å². The Bertz CT molecular complexity index is 1510. The van der Waals surface area contributed by atoms with Crippen molar-refractivity contribution in [2.75, 3.05) is 0 Å². The summed E-state index contributed by atoms with van der Waals surface area (Å²) in [6.07, 6.45) is 0. The van der Waals surface area contributed by atoms with Crippen LogP contribution < -0.4 is 10.6 Å². The van der Waals surface area contributed by atoms with Crippen molar-refractivity contribution in [3.05, 3.63) is 168 Å². The highest BCUT2D eigenvalue weighted by atomic mass is 16.2. The Morgan fingerprint density at radius 2 is 0.675 bits per heavy atom. The molecule has 5 rings (SSSR count). The number of nitrogens with zero attached hydrogens (tertiary/aromatic N) is 2. The zero-order valence-electron chi connectivity index (χ0n) is 21.6. The van der Waals surface area contributed by atoms with Crippen LogP contribution in [-0.4, -0.2) is 23.5 Å². The van der Waals surface area contributed by atoms with Gasteiger partial charge in [-0.25, -0.2) is 9.98 Å². The van der Waals surface area contributed by atoms with Gasteiger partial charge in [-0.1, -0.05) is 97.1 Å². The lowest BCUT2D eigenvalue weighted by molar-refractivity contribution is 0.0968. The number of para-hydroxylation sites is 2. The molecule has 0 aliphatic heterocycles. The van der Waals surface area contributed by atoms with Crippen LogP contribution >= 0.6 is 0 Å². The van der Waals surface area contributed by atoms with E-state index in [1.165, 1.54) is 0 Å². The Kier molecular flexibility index (Phi) is 8.29. The molecule has 2 amide bonds. The molecule has 0 saturated carbocycles. The van der Waals surface area contributed by atoms with Crippen LogP contribution in [0.25, 0.3) is 0 Å². The molecule has 0 fully saturated rings. The van der Waals surface area contributed by atoms with E-state index in [0.29, 0.717) is 45.3 Å². The summed E-state index contributed by atoms with van der Waals surface area (Å²) >= 11 is 0. The zero-order valence-corrected chi connectivity index (χ0v) is 21.6. The lowest BCUT2D eigenvalue weighted by Crippen LogP contribution is -2.32. The smallest absolute Gasteiger partial charge is 0.256 e. The van der Waals surface area contributed by atoms with Crippen molar-refractivity contribution in [3.8, 4) is 0 Å². The number of hydrogen-bond acceptors (Lipinski definition) is 4. The molecule has 0 aliphatic carbocycles. The molecule has 6 nitrogen and oxygen atoms in total. The van der Waals surface area contributed by atoms with Crippen molar-refractivity contribution in [2.45, 2.75) is 0 Å². The van der Waals surface area contributed by atoms with Crippen LogP contribution in [0.4, 0.5) is 11.4 Å². The van der Waals surface area contributed by atoms with Gasteiger partial charge in [0.15, 0.2) is 0 Å². The molecule has 6 heteroatoms. The lowest BCUT2D eigenvalue weighted by atomic mass is 10.1. The molecule has 0 spiro atoms. The highest BCUT2D eigenvalue weighted by Gasteiger charge is 2.14. The fourth-order valence-electron chi connectivity index (χ4n) is 3.92. The summed E-state index contributed by atoms with van der Waals surface area (Å²) < 4.78 is 0. The lowest BCUT2D eigenvalue weighted by Gasteiger charge is -2.13. The molecule has 0 atom stereocenters. The van der Waals surface area contributed by atoms with Crippen LogP contribution in [0.15, 0.2) is 156 Å². The minimum atomic E-state index is -0.263. The minimum absolute atomic E-state index is 0.263. The first-order valence-corrected chi connectivity index (χ1v) is 12.8. The third-order valence-electron chi connectivity index (χ3n) is 5.96. The van der Waals surface area contributed by atoms with Crippen molar-refractivity contribution >= 4 is 34.9 Å². The van der Waals surface area contributed by atoms with E-state index in [-0.39, 0.29) is 11.8 Å². The SMILES string of the molecule is O=C(NC(=Nc1ccccc1)c1ccc(C(=Nc2ccccc2)NC(=O)c2ccccc2)cc1)c1ccccc1. The molecule has 40 heavy (non-hydrogen) atoms. The van der Waals surface area contributed by atoms with Crippen molar-refractivity contribution in [3.63, 3.8) is 0 Å². The maximum absolute atomic E-state index is 13.0. The van der Waals surface area contributed by atoms with E-state index < -0.39 is 0 Å². The van der Waals surface area contributed by atoms with Gasteiger partial charge in [-0.15, -0.1) is 0 Å². The Morgan fingerprint density at radius 3 is 1.00 bits per heavy atom. The van der Waals surface area contributed by atoms with E-state index >= 15 is 0 Å². The predicted octanol–water partition coefficient (Wildman–Crippen LogP) is 6.70. The molecule has 0 heterocycles. The minimum Gasteiger partial charge on any atom is -0.306 e. The van der Waals surface area contributed by atoms with Crippen LogP contribution in [0, 0.1) is 0 Å². The topological polar surface area (TPSA) is 82.9 Å². The van der Waals surface area contributed by atoms with E-state index in [9.17, 15) is 9.59 Å². The summed E-state index contributed by atoms with van der Waals surface area (Å²) in [6, 6.07) is 44.2. The average Bonchev–Trinajstić information content (AvgIpc) is 3.02. The van der Waals surface area contributed by atoms with Gasteiger partial charge in [0.05, 0.1) is 11.4 Å². The Hall–Kier alpha value is -5.62. The third kappa shape index (κ3) is 6.82. The van der Waals surface area contributed by atoms with Crippen LogP contribution in [0.5, 0.6) is 0 Å². The van der Waals surface area contributed by atoms with Gasteiger partial charge in [-0.3, -0.25) is 9.59 Å². The van der Waals surface area contributed by atoms with E-state index in [4.69, 9.17) is 9.98 Å². The molecule has 0 bridgehead atoms. The first-order chi connectivity index (χ1) is 19.7. The first kappa shape index (κ1) is 26.0. The second-order valence-corrected chi connectivity index (χ2v) is 8.81. The van der Waals surface area contributed by atoms with Gasteiger partial charge in [-0.05, 0) is 48.5 Å². The van der Waals surface area contributed by atoms with Gasteiger partial charge in [0.25, 0.3) is 11.8 Å². The van der Waals surface area contributed by atoms with Gasteiger partial charge in [0.1, 0.15) is 11.7 Å². The number of hydrogen-bond donors (Lipinski definition) is 2. The summed E-state index contributed by atoms with van der Waals surface area (Å²) in [5.74, 6) is 0.282. The number of amidine groups is 2. The largest absolute Gasteiger partial charge is 0.306 e. The van der Waals surface area contributed by atoms with Crippen LogP contribution in [-0.2, 0) is 0 Å². The number of benzene rings is 5. The molecule has 5 aromatic rings. The summed E-state index contributed by atoms with van der Waals surface area (Å²) in [5.41, 5.74) is 3.87. The van der Waals surface area contributed by atoms with Crippen molar-refractivity contribution in [1.82, 2.24) is 10.6 Å². The fourth-order valence-corrected chi connectivity index (χ4v) is 3.92. The Morgan fingerprint density at radius 1 is 0.375 bits per heavy atom. The monoisotopic (exact) mass is 522 g/mol. The van der Waals surface area contributed by atoms with E-state index in [0.717, 1.165) is 0 Å². The van der Waals surface area contributed by atoms with Gasteiger partial charge in [0, 0.05) is 22.3 Å². The maximum atomic E-state index is 13.0. The van der Waals surface area contributed by atoms with Crippen LogP contribution in [0.2, 0.25) is 0 Å². The van der Waals surface area contributed by atoms with Gasteiger partial charge in [0.2, 0.25) is 0 Å². The standard InChI is InChI=1S/C34H26N4O2/c39-33(27-13-5-1-6-14-27)37-31(35-29-17-9-3-10-18-29)25-21-23-26(24-22-25)32(36-30-19-11-4-12-20-30)38-34(40)28-15-7-2-8-16-28/h1-24H,(H,35,37,39)(H,36,38,40). The van der Waals surface area contributed by atoms with Gasteiger partial charge in [-0.2, -0.15) is 0 Å². The number of amides is 2. The normalized spacial score (nSPS) is 11.5. The molecular formula is C34H26N4O2. The second kappa shape index (κ2) is 12.8. The summed E-state index contributed by atoms with van der Waals surface area (Å²) in [7, 11) is 0. The van der Waals surface area contributed by atoms with Crippen molar-refractivity contribution in [2.24, 2.45) is 9.98 Å². The molecule has 0 radical (unpaired) electrons. The summed E-state index contributed by atoms with van der Waals surface area (Å²) in [6.45, 7) is 0. The quantitative estimate of drug-likeness (QED) is 0.192. The average molecular weight is 523 g/mol. The van der Waals surface area contributed by atoms with Gasteiger partial charge < -0.3 is 10.6 Å². The van der Waals surface area contributed by atoms with Crippen molar-refractivity contribution in [1.29, 1.82) is 0 Å². The fraction of sp³-hybridized carbons (Fsp3) is 0. The number of carbonyl (C=O) groups excluding carboxylic acids is 2. The molecule has 0 unspecified atom stereocenters. The summed E-state index contributed by atoms with van der Waals surface area (Å²) in [4.78, 5) is 35.4. The summed E-state index contributed by atoms with van der Waals surface area (Å²) in [5, 5.41) is 5.90. The molecule has 0 aliphatic rings. The van der Waals surface area contributed by atoms with E-state index in [2.05, 4.69) is 10.6 Å². The highest BCUT2D eigenvalue weighted by molar-refractivity contribution is 6.15. The number of aliphatic imine (C=N–C) groups is 2. The maximum Gasteiger partial charge on any atom is 0.256 e. The van der Waals surface area contributed by atoms with Crippen LogP contribution in [0.3, 0.4) is 0 Å². The predicted molar refractivity (Wildman–Crippen MR) is 160 cm³/mol. The molecular weight excluding hydrogens is 496 g/mol. The molecule has 2 N–H and O–H groups in total. The molecule has 0 saturated heterocycles. The Balaban J connectivity index is 1.48. The second-order valence-electron chi connectivity index (χ2n) is 8.81. The number of nitrogens with one attached hydrogen (secondary N) is 2. The molecule has 0 aromatic heterocycles. The number of carbonyl (C=O) groups is 2. The Labute approximate surface area is 232 Å². The third-order valence-corrected chi connectivity index (χ3v) is 5.96. The zero-order chi connectivity index (χ0) is 27.6. The first-order valence-electron chi connectivity index (χ1n) is 12.8. The number of rotatable bonds is 6. The van der Waals surface area contributed by atoms with Crippen molar-refractivity contribution < 1.29 is 9.59 Å².